The molecule has 0 radical (unpaired) electrons. The highest BCUT2D eigenvalue weighted by atomic mass is 35.5. The van der Waals surface area contributed by atoms with Crippen LogP contribution in [-0.4, -0.2) is 5.51 Å². The first-order valence-electron chi connectivity index (χ1n) is 5.97. The highest BCUT2D eigenvalue weighted by Crippen LogP contribution is 2.49. The van der Waals surface area contributed by atoms with Gasteiger partial charge in [0.2, 0.25) is 0 Å². The van der Waals surface area contributed by atoms with Crippen LogP contribution in [-0.2, 0) is 0 Å². The Bertz CT molecular complexity index is 776. The van der Waals surface area contributed by atoms with Crippen molar-refractivity contribution in [2.24, 2.45) is 0 Å². The Kier molecular flexibility index (Phi) is 3.90. The fourth-order valence-corrected chi connectivity index (χ4v) is 4.30. The zero-order valence-electron chi connectivity index (χ0n) is 10.4. The molecule has 0 nitrogen and oxygen atoms in total. The van der Waals surface area contributed by atoms with Crippen molar-refractivity contribution in [2.75, 3.05) is 0 Å². The maximum atomic E-state index is 12.9. The molecule has 0 unspecified atom stereocenters. The Labute approximate surface area is 132 Å². The van der Waals surface area contributed by atoms with Gasteiger partial charge in [-0.05, 0) is 35.5 Å². The molecule has 0 bridgehead atoms. The SMILES string of the molecule is FC(F)(F)Sc1c(-c2ccc(Cl)cc2)sc2ccccc12. The van der Waals surface area contributed by atoms with E-state index in [-0.39, 0.29) is 16.7 Å². The number of hydrogen-bond acceptors (Lipinski definition) is 2. The summed E-state index contributed by atoms with van der Waals surface area (Å²) in [7, 11) is 0. The largest absolute Gasteiger partial charge is 0.446 e. The summed E-state index contributed by atoms with van der Waals surface area (Å²) >= 11 is 7.14. The summed E-state index contributed by atoms with van der Waals surface area (Å²) in [5.41, 5.74) is -3.57. The van der Waals surface area contributed by atoms with Crippen molar-refractivity contribution in [1.29, 1.82) is 0 Å². The molecule has 21 heavy (non-hydrogen) atoms. The molecular formula is C15H8ClF3S2. The molecule has 108 valence electrons. The van der Waals surface area contributed by atoms with Crippen LogP contribution in [0.25, 0.3) is 20.5 Å². The summed E-state index contributed by atoms with van der Waals surface area (Å²) in [6.07, 6.45) is 0. The maximum absolute atomic E-state index is 12.9. The van der Waals surface area contributed by atoms with E-state index in [2.05, 4.69) is 0 Å². The molecule has 0 N–H and O–H groups in total. The van der Waals surface area contributed by atoms with Gasteiger partial charge < -0.3 is 0 Å². The molecule has 0 spiro atoms. The summed E-state index contributed by atoms with van der Waals surface area (Å²) in [5.74, 6) is 0. The molecule has 0 saturated heterocycles. The second-order valence-electron chi connectivity index (χ2n) is 4.31. The average molecular weight is 345 g/mol. The van der Waals surface area contributed by atoms with Gasteiger partial charge in [-0.25, -0.2) is 0 Å². The molecule has 0 aliphatic carbocycles. The van der Waals surface area contributed by atoms with Crippen LogP contribution < -0.4 is 0 Å². The first-order chi connectivity index (χ1) is 9.94. The van der Waals surface area contributed by atoms with Gasteiger partial charge in [0.25, 0.3) is 0 Å². The molecule has 0 atom stereocenters. The van der Waals surface area contributed by atoms with E-state index in [1.807, 2.05) is 12.1 Å². The van der Waals surface area contributed by atoms with E-state index in [9.17, 15) is 13.2 Å². The van der Waals surface area contributed by atoms with Gasteiger partial charge in [-0.1, -0.05) is 41.9 Å². The average Bonchev–Trinajstić information content (AvgIpc) is 2.77. The van der Waals surface area contributed by atoms with E-state index in [4.69, 9.17) is 11.6 Å². The standard InChI is InChI=1S/C15H8ClF3S2/c16-10-7-5-9(6-8-10)13-14(21-15(17,18)19)11-3-1-2-4-12(11)20-13/h1-8H. The zero-order chi connectivity index (χ0) is 15.0. The van der Waals surface area contributed by atoms with Crippen molar-refractivity contribution in [2.45, 2.75) is 10.4 Å². The van der Waals surface area contributed by atoms with Crippen LogP contribution in [0.15, 0.2) is 53.4 Å². The number of thioether (sulfide) groups is 1. The van der Waals surface area contributed by atoms with Gasteiger partial charge in [-0.2, -0.15) is 13.2 Å². The molecule has 3 aromatic rings. The third kappa shape index (κ3) is 3.20. The summed E-state index contributed by atoms with van der Waals surface area (Å²) < 4.78 is 39.4. The van der Waals surface area contributed by atoms with Gasteiger partial charge in [0.1, 0.15) is 0 Å². The Morgan fingerprint density at radius 3 is 2.29 bits per heavy atom. The van der Waals surface area contributed by atoms with Crippen molar-refractivity contribution in [3.63, 3.8) is 0 Å². The smallest absolute Gasteiger partial charge is 0.160 e. The molecule has 3 rings (SSSR count). The van der Waals surface area contributed by atoms with Crippen LogP contribution in [0.2, 0.25) is 5.02 Å². The summed E-state index contributed by atoms with van der Waals surface area (Å²) in [5, 5.41) is 1.19. The molecule has 0 fully saturated rings. The molecule has 1 heterocycles. The first kappa shape index (κ1) is 14.8. The highest BCUT2D eigenvalue weighted by Gasteiger charge is 2.32. The van der Waals surface area contributed by atoms with Gasteiger partial charge in [0.15, 0.2) is 0 Å². The fraction of sp³-hybridized carbons (Fsp3) is 0.0667. The van der Waals surface area contributed by atoms with E-state index in [0.29, 0.717) is 15.3 Å². The first-order valence-corrected chi connectivity index (χ1v) is 7.98. The third-order valence-electron chi connectivity index (χ3n) is 2.87. The lowest BCUT2D eigenvalue weighted by Crippen LogP contribution is -1.99. The normalized spacial score (nSPS) is 12.0. The fourth-order valence-electron chi connectivity index (χ4n) is 2.03. The van der Waals surface area contributed by atoms with Gasteiger partial charge in [0.05, 0.1) is 0 Å². The highest BCUT2D eigenvalue weighted by molar-refractivity contribution is 8.00. The van der Waals surface area contributed by atoms with Crippen molar-refractivity contribution in [1.82, 2.24) is 0 Å². The number of thiophene rings is 1. The molecule has 2 aromatic carbocycles. The quantitative estimate of drug-likeness (QED) is 0.459. The number of alkyl halides is 3. The minimum atomic E-state index is -4.31. The Balaban J connectivity index is 2.21. The number of hydrogen-bond donors (Lipinski definition) is 0. The van der Waals surface area contributed by atoms with E-state index in [0.717, 1.165) is 10.3 Å². The van der Waals surface area contributed by atoms with Gasteiger partial charge in [0, 0.05) is 24.9 Å². The van der Waals surface area contributed by atoms with Gasteiger partial charge in [-0.15, -0.1) is 11.3 Å². The minimum Gasteiger partial charge on any atom is -0.160 e. The molecule has 0 aliphatic rings. The topological polar surface area (TPSA) is 0 Å². The molecule has 0 saturated carbocycles. The zero-order valence-corrected chi connectivity index (χ0v) is 12.8. The van der Waals surface area contributed by atoms with E-state index in [1.165, 1.54) is 11.3 Å². The lowest BCUT2D eigenvalue weighted by atomic mass is 10.1. The van der Waals surface area contributed by atoms with Crippen molar-refractivity contribution < 1.29 is 13.2 Å². The van der Waals surface area contributed by atoms with Gasteiger partial charge in [-0.3, -0.25) is 0 Å². The molecule has 1 aromatic heterocycles. The second-order valence-corrected chi connectivity index (χ2v) is 6.88. The Morgan fingerprint density at radius 2 is 1.62 bits per heavy atom. The maximum Gasteiger partial charge on any atom is 0.446 e. The number of halogens is 4. The molecule has 0 amide bonds. The Hall–Kier alpha value is -1.17. The predicted molar refractivity (Wildman–Crippen MR) is 84.2 cm³/mol. The van der Waals surface area contributed by atoms with E-state index in [1.54, 1.807) is 36.4 Å². The second kappa shape index (κ2) is 5.55. The lowest BCUT2D eigenvalue weighted by Gasteiger charge is -2.08. The van der Waals surface area contributed by atoms with Gasteiger partial charge >= 0.3 is 5.51 Å². The van der Waals surface area contributed by atoms with Crippen LogP contribution in [0.1, 0.15) is 0 Å². The predicted octanol–water partition coefficient (Wildman–Crippen LogP) is 6.83. The minimum absolute atomic E-state index is 0.0600. The van der Waals surface area contributed by atoms with Crippen LogP contribution in [0.4, 0.5) is 13.2 Å². The van der Waals surface area contributed by atoms with Crippen LogP contribution in [0.5, 0.6) is 0 Å². The van der Waals surface area contributed by atoms with Crippen molar-refractivity contribution >= 4 is 44.8 Å². The van der Waals surface area contributed by atoms with Crippen LogP contribution >= 0.6 is 34.7 Å². The Morgan fingerprint density at radius 1 is 0.952 bits per heavy atom. The third-order valence-corrected chi connectivity index (χ3v) is 5.33. The van der Waals surface area contributed by atoms with E-state index >= 15 is 0 Å². The number of rotatable bonds is 2. The molecule has 6 heteroatoms. The number of benzene rings is 2. The van der Waals surface area contributed by atoms with Crippen LogP contribution in [0, 0.1) is 0 Å². The lowest BCUT2D eigenvalue weighted by molar-refractivity contribution is -0.0327. The van der Waals surface area contributed by atoms with Crippen molar-refractivity contribution in [3.05, 3.63) is 53.6 Å². The monoisotopic (exact) mass is 344 g/mol. The summed E-state index contributed by atoms with van der Waals surface area (Å²) in [4.78, 5) is 0.876. The molecular weight excluding hydrogens is 337 g/mol. The summed E-state index contributed by atoms with van der Waals surface area (Å²) in [6, 6.07) is 14.0. The molecule has 0 aliphatic heterocycles. The number of fused-ring (bicyclic) bond motifs is 1. The summed E-state index contributed by atoms with van der Waals surface area (Å²) in [6.45, 7) is 0. The van der Waals surface area contributed by atoms with Crippen molar-refractivity contribution in [3.8, 4) is 10.4 Å². The van der Waals surface area contributed by atoms with E-state index < -0.39 is 5.51 Å². The van der Waals surface area contributed by atoms with Crippen LogP contribution in [0.3, 0.4) is 0 Å².